The van der Waals surface area contributed by atoms with Gasteiger partial charge in [-0.3, -0.25) is 4.90 Å². The largest absolute Gasteiger partial charge is 0.392 e. The van der Waals surface area contributed by atoms with Gasteiger partial charge in [0.2, 0.25) is 0 Å². The van der Waals surface area contributed by atoms with Crippen LogP contribution in [-0.4, -0.2) is 67.1 Å². The van der Waals surface area contributed by atoms with Crippen molar-refractivity contribution in [2.24, 2.45) is 0 Å². The lowest BCUT2D eigenvalue weighted by Crippen LogP contribution is -2.44. The highest BCUT2D eigenvalue weighted by molar-refractivity contribution is 4.69. The number of aliphatic hydroxyl groups is 1. The van der Waals surface area contributed by atoms with Crippen LogP contribution in [-0.2, 0) is 4.74 Å². The summed E-state index contributed by atoms with van der Waals surface area (Å²) in [5.41, 5.74) is 0. The Morgan fingerprint density at radius 3 is 2.24 bits per heavy atom. The minimum Gasteiger partial charge on any atom is -0.392 e. The fourth-order valence-corrected chi connectivity index (χ4v) is 2.80. The molecule has 2 fully saturated rings. The van der Waals surface area contributed by atoms with E-state index >= 15 is 0 Å². The van der Waals surface area contributed by atoms with E-state index in [2.05, 4.69) is 9.80 Å². The second kappa shape index (κ2) is 7.31. The summed E-state index contributed by atoms with van der Waals surface area (Å²) in [6, 6.07) is 0. The van der Waals surface area contributed by atoms with Gasteiger partial charge in [0.15, 0.2) is 0 Å². The lowest BCUT2D eigenvalue weighted by atomic mass is 10.1. The summed E-state index contributed by atoms with van der Waals surface area (Å²) < 4.78 is 5.83. The average Bonchev–Trinajstić information content (AvgIpc) is 2.89. The fraction of sp³-hybridized carbons (Fsp3) is 1.00. The van der Waals surface area contributed by atoms with E-state index in [-0.39, 0.29) is 12.8 Å². The maximum atomic E-state index is 9.39. The van der Waals surface area contributed by atoms with Gasteiger partial charge in [0.05, 0.1) is 13.2 Å². The predicted octanol–water partition coefficient (Wildman–Crippen LogP) is 0.903. The molecule has 4 heteroatoms. The average molecular weight is 242 g/mol. The van der Waals surface area contributed by atoms with Crippen LogP contribution in [0, 0.1) is 0 Å². The van der Waals surface area contributed by atoms with E-state index in [0.717, 1.165) is 26.2 Å². The van der Waals surface area contributed by atoms with Crippen molar-refractivity contribution in [1.82, 2.24) is 9.80 Å². The highest BCUT2D eigenvalue weighted by atomic mass is 16.5. The number of piperidine rings is 1. The van der Waals surface area contributed by atoms with Crippen molar-refractivity contribution < 1.29 is 9.84 Å². The molecule has 0 saturated carbocycles. The fourth-order valence-electron chi connectivity index (χ4n) is 2.80. The maximum absolute atomic E-state index is 9.39. The predicted molar refractivity (Wildman–Crippen MR) is 67.9 cm³/mol. The molecule has 2 aliphatic rings. The van der Waals surface area contributed by atoms with Crippen molar-refractivity contribution in [1.29, 1.82) is 0 Å². The molecule has 1 N–H and O–H groups in total. The molecule has 0 bridgehead atoms. The molecule has 2 rings (SSSR count). The van der Waals surface area contributed by atoms with Crippen LogP contribution in [0.2, 0.25) is 0 Å². The first-order chi connectivity index (χ1) is 8.40. The molecule has 17 heavy (non-hydrogen) atoms. The lowest BCUT2D eigenvalue weighted by molar-refractivity contribution is -0.0957. The summed E-state index contributed by atoms with van der Waals surface area (Å²) in [7, 11) is 0. The van der Waals surface area contributed by atoms with Crippen molar-refractivity contribution in [3.05, 3.63) is 0 Å². The van der Waals surface area contributed by atoms with Gasteiger partial charge in [0.1, 0.15) is 6.23 Å². The molecule has 0 aromatic heterocycles. The van der Waals surface area contributed by atoms with E-state index in [1.54, 1.807) is 0 Å². The van der Waals surface area contributed by atoms with E-state index in [1.807, 2.05) is 0 Å². The normalized spacial score (nSPS) is 25.2. The minimum absolute atomic E-state index is 0.0714. The first-order valence-corrected chi connectivity index (χ1v) is 7.09. The van der Waals surface area contributed by atoms with Crippen LogP contribution in [0.5, 0.6) is 0 Å². The van der Waals surface area contributed by atoms with Crippen molar-refractivity contribution in [3.63, 3.8) is 0 Å². The molecule has 100 valence electrons. The van der Waals surface area contributed by atoms with E-state index in [9.17, 15) is 5.11 Å². The third-order valence-electron chi connectivity index (χ3n) is 3.87. The maximum Gasteiger partial charge on any atom is 0.134 e. The second-order valence-electron chi connectivity index (χ2n) is 5.15. The first kappa shape index (κ1) is 13.3. The lowest BCUT2D eigenvalue weighted by Gasteiger charge is -2.33. The first-order valence-electron chi connectivity index (χ1n) is 7.09. The molecule has 0 aromatic carbocycles. The summed E-state index contributed by atoms with van der Waals surface area (Å²) in [5, 5.41) is 9.39. The summed E-state index contributed by atoms with van der Waals surface area (Å²) in [5.74, 6) is 0. The van der Waals surface area contributed by atoms with Crippen LogP contribution < -0.4 is 0 Å². The van der Waals surface area contributed by atoms with Crippen LogP contribution in [0.4, 0.5) is 0 Å². The van der Waals surface area contributed by atoms with Crippen LogP contribution in [0.15, 0.2) is 0 Å². The van der Waals surface area contributed by atoms with Gasteiger partial charge in [-0.1, -0.05) is 6.42 Å². The molecule has 0 spiro atoms. The quantitative estimate of drug-likeness (QED) is 0.751. The molecule has 4 nitrogen and oxygen atoms in total. The minimum atomic E-state index is -0.0714. The topological polar surface area (TPSA) is 35.9 Å². The molecule has 1 atom stereocenters. The van der Waals surface area contributed by atoms with Gasteiger partial charge in [-0.15, -0.1) is 0 Å². The molecule has 0 radical (unpaired) electrons. The van der Waals surface area contributed by atoms with E-state index < -0.39 is 0 Å². The zero-order valence-corrected chi connectivity index (χ0v) is 10.8. The Morgan fingerprint density at radius 1 is 0.941 bits per heavy atom. The van der Waals surface area contributed by atoms with Crippen LogP contribution in [0.25, 0.3) is 0 Å². The van der Waals surface area contributed by atoms with Gasteiger partial charge in [0, 0.05) is 19.6 Å². The van der Waals surface area contributed by atoms with E-state index in [1.165, 1.54) is 45.2 Å². The Morgan fingerprint density at radius 2 is 1.59 bits per heavy atom. The molecular formula is C13H26N2O2. The Labute approximate surface area is 105 Å². The number of aliphatic hydroxyl groups excluding tert-OH is 1. The molecular weight excluding hydrogens is 216 g/mol. The molecule has 1 unspecified atom stereocenters. The smallest absolute Gasteiger partial charge is 0.134 e. The summed E-state index contributed by atoms with van der Waals surface area (Å²) >= 11 is 0. The van der Waals surface area contributed by atoms with Gasteiger partial charge in [0.25, 0.3) is 0 Å². The van der Waals surface area contributed by atoms with Crippen molar-refractivity contribution in [2.75, 3.05) is 45.9 Å². The van der Waals surface area contributed by atoms with Gasteiger partial charge in [-0.25, -0.2) is 0 Å². The number of rotatable bonds is 6. The van der Waals surface area contributed by atoms with Gasteiger partial charge in [-0.05, 0) is 38.8 Å². The molecule has 2 aliphatic heterocycles. The summed E-state index contributed by atoms with van der Waals surface area (Å²) in [6.45, 7) is 6.49. The van der Waals surface area contributed by atoms with Gasteiger partial charge in [-0.2, -0.15) is 0 Å². The van der Waals surface area contributed by atoms with E-state index in [4.69, 9.17) is 4.74 Å². The Hall–Kier alpha value is -0.160. The number of hydrogen-bond acceptors (Lipinski definition) is 4. The van der Waals surface area contributed by atoms with E-state index in [0.29, 0.717) is 0 Å². The van der Waals surface area contributed by atoms with Gasteiger partial charge < -0.3 is 14.7 Å². The monoisotopic (exact) mass is 242 g/mol. The third kappa shape index (κ3) is 4.21. The second-order valence-corrected chi connectivity index (χ2v) is 5.15. The van der Waals surface area contributed by atoms with Gasteiger partial charge >= 0.3 is 0 Å². The Balaban J connectivity index is 1.63. The number of hydrogen-bond donors (Lipinski definition) is 1. The molecule has 2 heterocycles. The number of nitrogens with zero attached hydrogens (tertiary/aromatic N) is 2. The van der Waals surface area contributed by atoms with Crippen LogP contribution >= 0.6 is 0 Å². The Kier molecular flexibility index (Phi) is 5.71. The highest BCUT2D eigenvalue weighted by Gasteiger charge is 2.20. The zero-order chi connectivity index (χ0) is 11.9. The van der Waals surface area contributed by atoms with Crippen molar-refractivity contribution >= 4 is 0 Å². The number of likely N-dealkylation sites (tertiary alicyclic amines) is 2. The van der Waals surface area contributed by atoms with Crippen LogP contribution in [0.1, 0.15) is 32.1 Å². The summed E-state index contributed by atoms with van der Waals surface area (Å²) in [6.07, 6.45) is 6.39. The summed E-state index contributed by atoms with van der Waals surface area (Å²) in [4.78, 5) is 4.73. The van der Waals surface area contributed by atoms with Crippen molar-refractivity contribution in [3.8, 4) is 0 Å². The number of ether oxygens (including phenoxy) is 1. The Bertz CT molecular complexity index is 202. The molecule has 2 saturated heterocycles. The third-order valence-corrected chi connectivity index (χ3v) is 3.87. The zero-order valence-electron chi connectivity index (χ0n) is 10.8. The van der Waals surface area contributed by atoms with Crippen molar-refractivity contribution in [2.45, 2.75) is 38.3 Å². The molecule has 0 aliphatic carbocycles. The highest BCUT2D eigenvalue weighted by Crippen LogP contribution is 2.13. The molecule has 0 amide bonds. The SMILES string of the molecule is OCC(OCCN1CCCC1)N1CCCCC1. The standard InChI is InChI=1S/C13H26N2O2/c16-12-13(15-8-2-1-3-9-15)17-11-10-14-6-4-5-7-14/h13,16H,1-12H2. The van der Waals surface area contributed by atoms with Crippen LogP contribution in [0.3, 0.4) is 0 Å². The molecule has 0 aromatic rings.